The quantitative estimate of drug-likeness (QED) is 0.356. The van der Waals surface area contributed by atoms with Crippen LogP contribution in [0.1, 0.15) is 37.6 Å². The number of nitrogens with zero attached hydrogens (tertiary/aromatic N) is 1. The van der Waals surface area contributed by atoms with E-state index in [-0.39, 0.29) is 17.3 Å². The zero-order valence-electron chi connectivity index (χ0n) is 16.8. The van der Waals surface area contributed by atoms with Crippen LogP contribution < -0.4 is 4.74 Å². The lowest BCUT2D eigenvalue weighted by atomic mass is 9.83. The van der Waals surface area contributed by atoms with Gasteiger partial charge in [0, 0.05) is 27.0 Å². The molecule has 1 unspecified atom stereocenters. The second-order valence-corrected chi connectivity index (χ2v) is 10.2. The van der Waals surface area contributed by atoms with Crippen LogP contribution in [-0.4, -0.2) is 16.9 Å². The fourth-order valence-electron chi connectivity index (χ4n) is 3.46. The van der Waals surface area contributed by atoms with Crippen LogP contribution >= 0.6 is 39.1 Å². The average molecular weight is 505 g/mol. The summed E-state index contributed by atoms with van der Waals surface area (Å²) < 4.78 is 7.07. The van der Waals surface area contributed by atoms with Crippen LogP contribution in [0.2, 0.25) is 10.0 Å². The summed E-state index contributed by atoms with van der Waals surface area (Å²) in [5.41, 5.74) is 3.45. The van der Waals surface area contributed by atoms with Gasteiger partial charge in [0.25, 0.3) is 0 Å². The van der Waals surface area contributed by atoms with Crippen LogP contribution in [0.4, 0.5) is 0 Å². The number of aromatic nitrogens is 1. The van der Waals surface area contributed by atoms with Crippen molar-refractivity contribution in [1.29, 1.82) is 0 Å². The number of ketones is 1. The van der Waals surface area contributed by atoms with Crippen molar-refractivity contribution in [2.75, 3.05) is 0 Å². The van der Waals surface area contributed by atoms with Gasteiger partial charge in [-0.25, -0.2) is 4.98 Å². The number of halogens is 3. The number of fused-ring (bicyclic) bond motifs is 1. The van der Waals surface area contributed by atoms with Gasteiger partial charge in [0.1, 0.15) is 6.10 Å². The summed E-state index contributed by atoms with van der Waals surface area (Å²) in [4.78, 5) is 17.8. The molecule has 0 N–H and O–H groups in total. The van der Waals surface area contributed by atoms with E-state index in [1.807, 2.05) is 48.5 Å². The Balaban J connectivity index is 1.95. The van der Waals surface area contributed by atoms with Crippen molar-refractivity contribution in [3.63, 3.8) is 0 Å². The van der Waals surface area contributed by atoms with Crippen LogP contribution in [0.3, 0.4) is 0 Å². The van der Waals surface area contributed by atoms with Crippen molar-refractivity contribution in [3.8, 4) is 28.3 Å². The Morgan fingerprint density at radius 2 is 1.70 bits per heavy atom. The van der Waals surface area contributed by atoms with Crippen molar-refractivity contribution >= 4 is 44.9 Å². The Kier molecular flexibility index (Phi) is 5.69. The Hall–Kier alpha value is -1.88. The Morgan fingerprint density at radius 1 is 1.00 bits per heavy atom. The monoisotopic (exact) mass is 503 g/mol. The summed E-state index contributed by atoms with van der Waals surface area (Å²) in [5.74, 6) is 0.394. The summed E-state index contributed by atoms with van der Waals surface area (Å²) in [7, 11) is 0. The first-order chi connectivity index (χ1) is 14.1. The highest BCUT2D eigenvalue weighted by atomic mass is 79.9. The normalized spacial score (nSPS) is 16.2. The average Bonchev–Trinajstić information content (AvgIpc) is 2.67. The topological polar surface area (TPSA) is 39.2 Å². The third-order valence-corrected chi connectivity index (χ3v) is 6.28. The first-order valence-corrected chi connectivity index (χ1v) is 11.1. The van der Waals surface area contributed by atoms with Crippen LogP contribution in [-0.2, 0) is 0 Å². The molecule has 6 heteroatoms. The SMILES string of the molecule is CC(C)(C)C1CC(=O)c2cc(-c3ccc(Cl)cc3)c(-c3ccc(Br)cc3Cl)nc2O1. The Morgan fingerprint density at radius 3 is 2.33 bits per heavy atom. The van der Waals surface area contributed by atoms with Crippen LogP contribution in [0.15, 0.2) is 53.0 Å². The first-order valence-electron chi connectivity index (χ1n) is 9.60. The molecular formula is C24H20BrCl2NO2. The number of carbonyl (C=O) groups excluding carboxylic acids is 1. The van der Waals surface area contributed by atoms with Gasteiger partial charge >= 0.3 is 0 Å². The summed E-state index contributed by atoms with van der Waals surface area (Å²) in [6.07, 6.45) is 0.0935. The van der Waals surface area contributed by atoms with Gasteiger partial charge in [-0.05, 0) is 41.3 Å². The minimum atomic E-state index is -0.236. The fourth-order valence-corrected chi connectivity index (χ4v) is 4.35. The maximum Gasteiger partial charge on any atom is 0.225 e. The van der Waals surface area contributed by atoms with E-state index in [0.717, 1.165) is 21.2 Å². The molecule has 0 fully saturated rings. The maximum atomic E-state index is 13.0. The molecule has 2 heterocycles. The molecule has 0 bridgehead atoms. The van der Waals surface area contributed by atoms with Crippen LogP contribution in [0.5, 0.6) is 5.88 Å². The number of rotatable bonds is 2. The van der Waals surface area contributed by atoms with E-state index >= 15 is 0 Å². The third-order valence-electron chi connectivity index (χ3n) is 5.22. The molecule has 0 saturated heterocycles. The van der Waals surface area contributed by atoms with Gasteiger partial charge in [0.2, 0.25) is 5.88 Å². The fraction of sp³-hybridized carbons (Fsp3) is 0.250. The molecular weight excluding hydrogens is 485 g/mol. The van der Waals surface area contributed by atoms with Gasteiger partial charge in [-0.3, -0.25) is 4.79 Å². The molecule has 1 aliphatic heterocycles. The number of benzene rings is 2. The zero-order valence-corrected chi connectivity index (χ0v) is 19.9. The van der Waals surface area contributed by atoms with Gasteiger partial charge in [0.05, 0.1) is 16.3 Å². The van der Waals surface area contributed by atoms with E-state index < -0.39 is 0 Å². The number of hydrogen-bond acceptors (Lipinski definition) is 3. The first kappa shape index (κ1) is 21.4. The summed E-state index contributed by atoms with van der Waals surface area (Å²) >= 11 is 16.1. The van der Waals surface area contributed by atoms with Crippen molar-refractivity contribution in [2.45, 2.75) is 33.3 Å². The van der Waals surface area contributed by atoms with Crippen molar-refractivity contribution < 1.29 is 9.53 Å². The molecule has 2 aromatic carbocycles. The van der Waals surface area contributed by atoms with Crippen LogP contribution in [0.25, 0.3) is 22.4 Å². The lowest BCUT2D eigenvalue weighted by Crippen LogP contribution is -2.38. The Bertz CT molecular complexity index is 1140. The second kappa shape index (κ2) is 7.99. The number of ether oxygens (including phenoxy) is 1. The lowest BCUT2D eigenvalue weighted by molar-refractivity contribution is 0.0516. The Labute approximate surface area is 194 Å². The summed E-state index contributed by atoms with van der Waals surface area (Å²) in [6.45, 7) is 6.18. The molecule has 4 rings (SSSR count). The largest absolute Gasteiger partial charge is 0.473 e. The van der Waals surface area contributed by atoms with E-state index in [2.05, 4.69) is 36.7 Å². The molecule has 1 aromatic heterocycles. The number of carbonyl (C=O) groups is 1. The highest BCUT2D eigenvalue weighted by molar-refractivity contribution is 9.10. The molecule has 0 saturated carbocycles. The maximum absolute atomic E-state index is 13.0. The van der Waals surface area contributed by atoms with Crippen molar-refractivity contribution in [1.82, 2.24) is 4.98 Å². The minimum absolute atomic E-state index is 0.0346. The van der Waals surface area contributed by atoms with Gasteiger partial charge in [-0.1, -0.05) is 78.1 Å². The smallest absolute Gasteiger partial charge is 0.225 e. The van der Waals surface area contributed by atoms with Gasteiger partial charge in [-0.15, -0.1) is 0 Å². The molecule has 0 radical (unpaired) electrons. The van der Waals surface area contributed by atoms with Gasteiger partial charge < -0.3 is 4.74 Å². The standard InChI is InChI=1S/C24H20BrCl2NO2/c1-24(2,3)21-12-20(29)18-11-17(13-4-7-15(26)8-5-13)22(28-23(18)30-21)16-9-6-14(25)10-19(16)27/h4-11,21H,12H2,1-3H3. The third kappa shape index (κ3) is 4.14. The molecule has 1 atom stereocenters. The zero-order chi connectivity index (χ0) is 21.6. The number of pyridine rings is 1. The molecule has 0 spiro atoms. The molecule has 0 aliphatic carbocycles. The molecule has 3 nitrogen and oxygen atoms in total. The minimum Gasteiger partial charge on any atom is -0.473 e. The number of hydrogen-bond donors (Lipinski definition) is 0. The summed E-state index contributed by atoms with van der Waals surface area (Å²) in [5, 5.41) is 1.20. The molecule has 30 heavy (non-hydrogen) atoms. The molecule has 0 amide bonds. The molecule has 1 aliphatic rings. The van der Waals surface area contributed by atoms with E-state index in [9.17, 15) is 4.79 Å². The molecule has 154 valence electrons. The highest BCUT2D eigenvalue weighted by Crippen LogP contribution is 2.42. The molecule has 3 aromatic rings. The predicted molar refractivity (Wildman–Crippen MR) is 126 cm³/mol. The van der Waals surface area contributed by atoms with Crippen molar-refractivity contribution in [3.05, 3.63) is 68.6 Å². The lowest BCUT2D eigenvalue weighted by Gasteiger charge is -2.34. The summed E-state index contributed by atoms with van der Waals surface area (Å²) in [6, 6.07) is 15.0. The second-order valence-electron chi connectivity index (χ2n) is 8.47. The van der Waals surface area contributed by atoms with Gasteiger partial charge in [-0.2, -0.15) is 0 Å². The van der Waals surface area contributed by atoms with Crippen LogP contribution in [0, 0.1) is 5.41 Å². The predicted octanol–water partition coefficient (Wildman–Crippen LogP) is 7.86. The van der Waals surface area contributed by atoms with E-state index in [1.165, 1.54) is 0 Å². The van der Waals surface area contributed by atoms with E-state index in [4.69, 9.17) is 32.9 Å². The number of Topliss-reactive ketones (excluding diaryl/α,β-unsaturated/α-hetero) is 1. The van der Waals surface area contributed by atoms with Gasteiger partial charge in [0.15, 0.2) is 5.78 Å². The van der Waals surface area contributed by atoms with Crippen molar-refractivity contribution in [2.24, 2.45) is 5.41 Å². The highest BCUT2D eigenvalue weighted by Gasteiger charge is 2.36. The van der Waals surface area contributed by atoms with E-state index in [1.54, 1.807) is 0 Å². The van der Waals surface area contributed by atoms with E-state index in [0.29, 0.717) is 33.6 Å².